The van der Waals surface area contributed by atoms with Crippen molar-refractivity contribution in [3.63, 3.8) is 0 Å². The van der Waals surface area contributed by atoms with Gasteiger partial charge >= 0.3 is 0 Å². The molecule has 0 spiro atoms. The summed E-state index contributed by atoms with van der Waals surface area (Å²) in [7, 11) is 1.66. The summed E-state index contributed by atoms with van der Waals surface area (Å²) in [5.41, 5.74) is 3.75. The van der Waals surface area contributed by atoms with Gasteiger partial charge in [0.15, 0.2) is 0 Å². The molecule has 156 valence electrons. The highest BCUT2D eigenvalue weighted by atomic mass is 16.5. The van der Waals surface area contributed by atoms with Gasteiger partial charge in [0.05, 0.1) is 19.2 Å². The van der Waals surface area contributed by atoms with Gasteiger partial charge in [0, 0.05) is 29.4 Å². The number of amides is 1. The van der Waals surface area contributed by atoms with E-state index >= 15 is 0 Å². The number of methoxy groups -OCH3 is 1. The van der Waals surface area contributed by atoms with Gasteiger partial charge in [-0.25, -0.2) is 0 Å². The van der Waals surface area contributed by atoms with Gasteiger partial charge in [0.1, 0.15) is 5.75 Å². The number of carbonyl (C=O) groups is 1. The van der Waals surface area contributed by atoms with Gasteiger partial charge in [-0.1, -0.05) is 6.42 Å². The third kappa shape index (κ3) is 4.47. The van der Waals surface area contributed by atoms with Crippen LogP contribution in [0.5, 0.6) is 5.75 Å². The molecule has 1 aromatic heterocycles. The maximum Gasteiger partial charge on any atom is 0.224 e. The number of ether oxygens (including phenoxy) is 1. The van der Waals surface area contributed by atoms with Crippen LogP contribution in [0.3, 0.4) is 0 Å². The number of carbonyl (C=O) groups excluding carboxylic acids is 1. The van der Waals surface area contributed by atoms with Crippen LogP contribution in [0, 0.1) is 12.8 Å². The van der Waals surface area contributed by atoms with Crippen LogP contribution in [-0.2, 0) is 11.2 Å². The van der Waals surface area contributed by atoms with Gasteiger partial charge in [0.25, 0.3) is 0 Å². The minimum atomic E-state index is 0.0807. The highest BCUT2D eigenvalue weighted by Gasteiger charge is 2.33. The Morgan fingerprint density at radius 1 is 1.21 bits per heavy atom. The van der Waals surface area contributed by atoms with E-state index in [1.807, 2.05) is 31.2 Å². The molecule has 1 aromatic carbocycles. The fourth-order valence-electron chi connectivity index (χ4n) is 4.94. The van der Waals surface area contributed by atoms with Crippen LogP contribution in [0.2, 0.25) is 0 Å². The lowest BCUT2D eigenvalue weighted by atomic mass is 9.83. The number of H-pyrrole nitrogens is 1. The van der Waals surface area contributed by atoms with Gasteiger partial charge in [-0.15, -0.1) is 0 Å². The summed E-state index contributed by atoms with van der Waals surface area (Å²) in [5, 5.41) is 10.7. The molecule has 0 radical (unpaired) electrons. The smallest absolute Gasteiger partial charge is 0.224 e. The summed E-state index contributed by atoms with van der Waals surface area (Å²) in [6, 6.07) is 8.46. The van der Waals surface area contributed by atoms with Crippen molar-refractivity contribution in [2.75, 3.05) is 26.7 Å². The summed E-state index contributed by atoms with van der Waals surface area (Å²) in [4.78, 5) is 15.4. The molecule has 6 nitrogen and oxygen atoms in total. The second-order valence-electron chi connectivity index (χ2n) is 8.39. The first-order chi connectivity index (χ1) is 14.2. The molecule has 4 rings (SSSR count). The molecule has 2 N–H and O–H groups in total. The molecule has 1 amide bonds. The second-order valence-corrected chi connectivity index (χ2v) is 8.39. The van der Waals surface area contributed by atoms with Gasteiger partial charge in [-0.2, -0.15) is 5.10 Å². The Labute approximate surface area is 173 Å². The Morgan fingerprint density at radius 2 is 2.00 bits per heavy atom. The molecule has 6 heteroatoms. The van der Waals surface area contributed by atoms with E-state index in [-0.39, 0.29) is 5.91 Å². The summed E-state index contributed by atoms with van der Waals surface area (Å²) in [5.74, 6) is 1.47. The molecular weight excluding hydrogens is 364 g/mol. The number of hydrogen-bond acceptors (Lipinski definition) is 4. The summed E-state index contributed by atoms with van der Waals surface area (Å²) in [6.07, 6.45) is 6.76. The minimum Gasteiger partial charge on any atom is -0.497 e. The average molecular weight is 397 g/mol. The SMILES string of the molecule is COc1ccc(-c2n[nH]c(C)c2CC(=O)NC[C@H]2CCCN3CCCC[C@@H]23)cc1. The van der Waals surface area contributed by atoms with E-state index in [4.69, 9.17) is 4.74 Å². The fraction of sp³-hybridized carbons (Fsp3) is 0.565. The topological polar surface area (TPSA) is 70.2 Å². The first-order valence-electron chi connectivity index (χ1n) is 10.8. The van der Waals surface area contributed by atoms with E-state index in [1.54, 1.807) is 7.11 Å². The molecule has 2 saturated heterocycles. The van der Waals surface area contributed by atoms with Crippen LogP contribution < -0.4 is 10.1 Å². The average Bonchev–Trinajstić information content (AvgIpc) is 3.12. The monoisotopic (exact) mass is 396 g/mol. The Kier molecular flexibility index (Phi) is 6.19. The fourth-order valence-corrected chi connectivity index (χ4v) is 4.94. The number of aryl methyl sites for hydroxylation is 1. The molecule has 3 heterocycles. The maximum absolute atomic E-state index is 12.8. The van der Waals surface area contributed by atoms with E-state index in [2.05, 4.69) is 20.4 Å². The van der Waals surface area contributed by atoms with Crippen molar-refractivity contribution in [1.29, 1.82) is 0 Å². The molecule has 2 aliphatic heterocycles. The van der Waals surface area contributed by atoms with E-state index < -0.39 is 0 Å². The molecule has 0 aliphatic carbocycles. The summed E-state index contributed by atoms with van der Waals surface area (Å²) < 4.78 is 5.24. The van der Waals surface area contributed by atoms with Crippen molar-refractivity contribution in [2.45, 2.75) is 51.5 Å². The first kappa shape index (κ1) is 20.0. The van der Waals surface area contributed by atoms with Crippen molar-refractivity contribution in [3.05, 3.63) is 35.5 Å². The molecule has 2 aromatic rings. The summed E-state index contributed by atoms with van der Waals surface area (Å²) >= 11 is 0. The van der Waals surface area contributed by atoms with Crippen molar-refractivity contribution in [2.24, 2.45) is 5.92 Å². The molecule has 0 unspecified atom stereocenters. The molecule has 29 heavy (non-hydrogen) atoms. The lowest BCUT2D eigenvalue weighted by molar-refractivity contribution is -0.120. The number of aromatic nitrogens is 2. The van der Waals surface area contributed by atoms with Gasteiger partial charge in [0.2, 0.25) is 5.91 Å². The van der Waals surface area contributed by atoms with Gasteiger partial charge in [-0.05, 0) is 75.9 Å². The number of nitrogens with zero attached hydrogens (tertiary/aromatic N) is 2. The third-order valence-electron chi connectivity index (χ3n) is 6.56. The standard InChI is InChI=1S/C23H32N4O2/c1-16-20(23(26-25-16)17-8-10-19(29-2)11-9-17)14-22(28)24-15-18-6-5-13-27-12-4-3-7-21(18)27/h8-11,18,21H,3-7,12-15H2,1-2H3,(H,24,28)(H,25,26)/t18-,21+/m1/s1. The van der Waals surface area contributed by atoms with E-state index in [0.29, 0.717) is 18.4 Å². The van der Waals surface area contributed by atoms with Crippen LogP contribution in [0.1, 0.15) is 43.4 Å². The predicted molar refractivity (Wildman–Crippen MR) is 114 cm³/mol. The Balaban J connectivity index is 1.39. The molecule has 0 bridgehead atoms. The second kappa shape index (κ2) is 8.99. The summed E-state index contributed by atoms with van der Waals surface area (Å²) in [6.45, 7) is 5.22. The van der Waals surface area contributed by atoms with Crippen molar-refractivity contribution in [3.8, 4) is 17.0 Å². The quantitative estimate of drug-likeness (QED) is 0.786. The lowest BCUT2D eigenvalue weighted by Gasteiger charge is -2.44. The highest BCUT2D eigenvalue weighted by molar-refractivity contribution is 5.81. The Hall–Kier alpha value is -2.34. The third-order valence-corrected chi connectivity index (χ3v) is 6.56. The van der Waals surface area contributed by atoms with Crippen molar-refractivity contribution >= 4 is 5.91 Å². The van der Waals surface area contributed by atoms with Gasteiger partial charge < -0.3 is 15.0 Å². The highest BCUT2D eigenvalue weighted by Crippen LogP contribution is 2.30. The zero-order chi connectivity index (χ0) is 20.2. The normalized spacial score (nSPS) is 22.1. The molecule has 0 saturated carbocycles. The molecule has 2 fully saturated rings. The Morgan fingerprint density at radius 3 is 2.79 bits per heavy atom. The zero-order valence-electron chi connectivity index (χ0n) is 17.5. The predicted octanol–water partition coefficient (Wildman–Crippen LogP) is 3.32. The molecule has 2 atom stereocenters. The number of benzene rings is 1. The van der Waals surface area contributed by atoms with Crippen LogP contribution in [-0.4, -0.2) is 53.8 Å². The van der Waals surface area contributed by atoms with E-state index in [0.717, 1.165) is 34.8 Å². The maximum atomic E-state index is 12.8. The van der Waals surface area contributed by atoms with Crippen LogP contribution in [0.15, 0.2) is 24.3 Å². The van der Waals surface area contributed by atoms with Crippen molar-refractivity contribution in [1.82, 2.24) is 20.4 Å². The zero-order valence-corrected chi connectivity index (χ0v) is 17.5. The van der Waals surface area contributed by atoms with E-state index in [9.17, 15) is 4.79 Å². The number of fused-ring (bicyclic) bond motifs is 1. The first-order valence-corrected chi connectivity index (χ1v) is 10.8. The van der Waals surface area contributed by atoms with Crippen LogP contribution >= 0.6 is 0 Å². The van der Waals surface area contributed by atoms with Gasteiger partial charge in [-0.3, -0.25) is 9.89 Å². The Bertz CT molecular complexity index is 828. The largest absolute Gasteiger partial charge is 0.497 e. The lowest BCUT2D eigenvalue weighted by Crippen LogP contribution is -2.51. The number of hydrogen-bond donors (Lipinski definition) is 2. The van der Waals surface area contributed by atoms with Crippen LogP contribution in [0.4, 0.5) is 0 Å². The number of rotatable bonds is 6. The van der Waals surface area contributed by atoms with Crippen molar-refractivity contribution < 1.29 is 9.53 Å². The molecular formula is C23H32N4O2. The minimum absolute atomic E-state index is 0.0807. The van der Waals surface area contributed by atoms with E-state index in [1.165, 1.54) is 45.2 Å². The number of nitrogens with one attached hydrogen (secondary N) is 2. The molecule has 2 aliphatic rings. The number of piperidine rings is 2. The number of aromatic amines is 1. The van der Waals surface area contributed by atoms with Crippen LogP contribution in [0.25, 0.3) is 11.3 Å².